The molecule has 0 aromatic heterocycles. The zero-order chi connectivity index (χ0) is 25.7. The smallest absolute Gasteiger partial charge is 0.324 e. The molecule has 1 aliphatic rings. The summed E-state index contributed by atoms with van der Waals surface area (Å²) in [6.45, 7) is 0.892. The Bertz CT molecular complexity index is 1010. The van der Waals surface area contributed by atoms with Gasteiger partial charge in [0.05, 0.1) is 7.11 Å². The molecule has 0 bridgehead atoms. The summed E-state index contributed by atoms with van der Waals surface area (Å²) < 4.78 is 13.8. The van der Waals surface area contributed by atoms with E-state index in [4.69, 9.17) is 9.47 Å². The van der Waals surface area contributed by atoms with Crippen molar-refractivity contribution < 1.29 is 14.3 Å². The van der Waals surface area contributed by atoms with Gasteiger partial charge in [0.2, 0.25) is 0 Å². The molecular formula is C32H39NO3S. The van der Waals surface area contributed by atoms with Crippen LogP contribution in [0, 0.1) is 0 Å². The number of hydrogen-bond acceptors (Lipinski definition) is 5. The summed E-state index contributed by atoms with van der Waals surface area (Å²) >= 11 is 1.65. The van der Waals surface area contributed by atoms with E-state index in [-0.39, 0.29) is 18.1 Å². The minimum Gasteiger partial charge on any atom is -0.497 e. The van der Waals surface area contributed by atoms with Crippen LogP contribution < -0.4 is 4.74 Å². The van der Waals surface area contributed by atoms with Gasteiger partial charge in [-0.2, -0.15) is 0 Å². The molecule has 4 rings (SSSR count). The Labute approximate surface area is 226 Å². The molecule has 1 atom stereocenters. The van der Waals surface area contributed by atoms with Gasteiger partial charge in [-0.25, -0.2) is 4.31 Å². The SMILES string of the molecule is COc1ccc(SN2CCCCC2C(=O)OC(CCCc2ccccc2)CCCc2ccccc2)cc1. The van der Waals surface area contributed by atoms with Gasteiger partial charge in [0.1, 0.15) is 17.9 Å². The third-order valence-corrected chi connectivity index (χ3v) is 8.11. The molecule has 0 radical (unpaired) electrons. The Morgan fingerprint density at radius 1 is 0.865 bits per heavy atom. The van der Waals surface area contributed by atoms with E-state index in [0.29, 0.717) is 0 Å². The van der Waals surface area contributed by atoms with Crippen LogP contribution in [0.3, 0.4) is 0 Å². The summed E-state index contributed by atoms with van der Waals surface area (Å²) in [5.41, 5.74) is 2.68. The molecule has 3 aromatic rings. The molecular weight excluding hydrogens is 478 g/mol. The van der Waals surface area contributed by atoms with E-state index in [2.05, 4.69) is 77.1 Å². The van der Waals surface area contributed by atoms with Gasteiger partial charge in [0.25, 0.3) is 0 Å². The van der Waals surface area contributed by atoms with Crippen LogP contribution in [-0.2, 0) is 22.4 Å². The van der Waals surface area contributed by atoms with E-state index in [1.807, 2.05) is 12.1 Å². The fourth-order valence-electron chi connectivity index (χ4n) is 4.88. The molecule has 0 aliphatic carbocycles. The Hall–Kier alpha value is -2.76. The second-order valence-electron chi connectivity index (χ2n) is 9.73. The predicted octanol–water partition coefficient (Wildman–Crippen LogP) is 7.51. The maximum absolute atomic E-state index is 13.5. The molecule has 0 amide bonds. The Morgan fingerprint density at radius 2 is 1.46 bits per heavy atom. The second kappa shape index (κ2) is 14.8. The van der Waals surface area contributed by atoms with E-state index >= 15 is 0 Å². The standard InChI is InChI=1S/C32H39NO3S/c1-35-28-21-23-30(24-22-28)37-33-25-9-8-20-31(33)32(34)36-29(18-10-16-26-12-4-2-5-13-26)19-11-17-27-14-6-3-7-15-27/h2-7,12-15,21-24,29,31H,8-11,16-20,25H2,1H3. The lowest BCUT2D eigenvalue weighted by molar-refractivity contribution is -0.155. The van der Waals surface area contributed by atoms with Crippen molar-refractivity contribution in [2.45, 2.75) is 74.8 Å². The number of carbonyl (C=O) groups excluding carboxylic acids is 1. The van der Waals surface area contributed by atoms with E-state index < -0.39 is 0 Å². The normalized spacial score (nSPS) is 16.0. The van der Waals surface area contributed by atoms with Crippen molar-refractivity contribution in [1.29, 1.82) is 0 Å². The second-order valence-corrected chi connectivity index (χ2v) is 10.9. The summed E-state index contributed by atoms with van der Waals surface area (Å²) in [7, 11) is 1.68. The van der Waals surface area contributed by atoms with Crippen molar-refractivity contribution in [3.05, 3.63) is 96.1 Å². The maximum Gasteiger partial charge on any atom is 0.324 e. The highest BCUT2D eigenvalue weighted by atomic mass is 32.2. The van der Waals surface area contributed by atoms with Gasteiger partial charge in [-0.1, -0.05) is 60.7 Å². The number of aryl methyl sites for hydroxylation is 2. The fraction of sp³-hybridized carbons (Fsp3) is 0.406. The molecule has 1 unspecified atom stereocenters. The fourth-order valence-corrected chi connectivity index (χ4v) is 5.95. The number of carbonyl (C=O) groups is 1. The summed E-state index contributed by atoms with van der Waals surface area (Å²) in [5.74, 6) is 0.776. The number of rotatable bonds is 13. The number of esters is 1. The molecule has 1 heterocycles. The van der Waals surface area contributed by atoms with Gasteiger partial charge in [0, 0.05) is 11.4 Å². The molecule has 0 saturated carbocycles. The van der Waals surface area contributed by atoms with Crippen LogP contribution in [-0.4, -0.2) is 36.1 Å². The number of piperidine rings is 1. The third-order valence-electron chi connectivity index (χ3n) is 6.96. The van der Waals surface area contributed by atoms with Crippen molar-refractivity contribution >= 4 is 17.9 Å². The van der Waals surface area contributed by atoms with Crippen molar-refractivity contribution in [1.82, 2.24) is 4.31 Å². The van der Waals surface area contributed by atoms with Crippen molar-refractivity contribution in [3.63, 3.8) is 0 Å². The molecule has 37 heavy (non-hydrogen) atoms. The summed E-state index contributed by atoms with van der Waals surface area (Å²) in [5, 5.41) is 0. The summed E-state index contributed by atoms with van der Waals surface area (Å²) in [6, 6.07) is 29.0. The number of benzene rings is 3. The van der Waals surface area contributed by atoms with E-state index in [1.165, 1.54) is 11.1 Å². The largest absolute Gasteiger partial charge is 0.497 e. The zero-order valence-corrected chi connectivity index (χ0v) is 22.7. The van der Waals surface area contributed by atoms with Gasteiger partial charge in [-0.05, 0) is 105 Å². The highest BCUT2D eigenvalue weighted by Gasteiger charge is 2.32. The van der Waals surface area contributed by atoms with Crippen LogP contribution in [0.1, 0.15) is 56.1 Å². The average molecular weight is 518 g/mol. The monoisotopic (exact) mass is 517 g/mol. The lowest BCUT2D eigenvalue weighted by atomic mass is 10.0. The minimum absolute atomic E-state index is 0.0466. The van der Waals surface area contributed by atoms with E-state index in [1.54, 1.807) is 19.1 Å². The lowest BCUT2D eigenvalue weighted by Gasteiger charge is -2.34. The molecule has 1 aliphatic heterocycles. The molecule has 1 fully saturated rings. The first-order valence-corrected chi connectivity index (χ1v) is 14.4. The van der Waals surface area contributed by atoms with Gasteiger partial charge < -0.3 is 9.47 Å². The van der Waals surface area contributed by atoms with Crippen molar-refractivity contribution in [2.24, 2.45) is 0 Å². The highest BCUT2D eigenvalue weighted by Crippen LogP contribution is 2.32. The maximum atomic E-state index is 13.5. The quantitative estimate of drug-likeness (QED) is 0.173. The topological polar surface area (TPSA) is 38.8 Å². The Kier molecular flexibility index (Phi) is 10.9. The first-order valence-electron chi connectivity index (χ1n) is 13.6. The van der Waals surface area contributed by atoms with Crippen LogP contribution in [0.5, 0.6) is 5.75 Å². The first kappa shape index (κ1) is 27.3. The Morgan fingerprint density at radius 3 is 2.03 bits per heavy atom. The van der Waals surface area contributed by atoms with Crippen LogP contribution in [0.15, 0.2) is 89.8 Å². The first-order chi connectivity index (χ1) is 18.2. The van der Waals surface area contributed by atoms with E-state index in [9.17, 15) is 4.79 Å². The minimum atomic E-state index is -0.202. The molecule has 196 valence electrons. The van der Waals surface area contributed by atoms with Gasteiger partial charge in [-0.15, -0.1) is 0 Å². The van der Waals surface area contributed by atoms with Gasteiger partial charge >= 0.3 is 5.97 Å². The predicted molar refractivity (Wildman–Crippen MR) is 152 cm³/mol. The summed E-state index contributed by atoms with van der Waals surface area (Å²) in [4.78, 5) is 14.6. The highest BCUT2D eigenvalue weighted by molar-refractivity contribution is 7.97. The Balaban J connectivity index is 1.35. The van der Waals surface area contributed by atoms with Crippen LogP contribution in [0.25, 0.3) is 0 Å². The molecule has 0 spiro atoms. The molecule has 5 heteroatoms. The molecule has 1 saturated heterocycles. The van der Waals surface area contributed by atoms with Crippen molar-refractivity contribution in [2.75, 3.05) is 13.7 Å². The number of nitrogens with zero attached hydrogens (tertiary/aromatic N) is 1. The third kappa shape index (κ3) is 8.94. The zero-order valence-electron chi connectivity index (χ0n) is 21.9. The van der Waals surface area contributed by atoms with Crippen LogP contribution in [0.2, 0.25) is 0 Å². The molecule has 4 nitrogen and oxygen atoms in total. The van der Waals surface area contributed by atoms with Crippen LogP contribution >= 0.6 is 11.9 Å². The number of methoxy groups -OCH3 is 1. The van der Waals surface area contributed by atoms with Gasteiger partial charge in [-0.3, -0.25) is 4.79 Å². The average Bonchev–Trinajstić information content (AvgIpc) is 2.95. The van der Waals surface area contributed by atoms with E-state index in [0.717, 1.165) is 75.0 Å². The molecule has 3 aromatic carbocycles. The number of ether oxygens (including phenoxy) is 2. The lowest BCUT2D eigenvalue weighted by Crippen LogP contribution is -2.42. The van der Waals surface area contributed by atoms with Crippen LogP contribution in [0.4, 0.5) is 0 Å². The molecule has 0 N–H and O–H groups in total. The van der Waals surface area contributed by atoms with Crippen molar-refractivity contribution in [3.8, 4) is 5.75 Å². The number of hydrogen-bond donors (Lipinski definition) is 0. The summed E-state index contributed by atoms with van der Waals surface area (Å²) in [6.07, 6.45) is 8.81. The van der Waals surface area contributed by atoms with Gasteiger partial charge in [0.15, 0.2) is 0 Å².